The van der Waals surface area contributed by atoms with E-state index in [1.807, 2.05) is 61.5 Å². The molecule has 0 fully saturated rings. The minimum Gasteiger partial charge on any atom is -0.476 e. The third-order valence-corrected chi connectivity index (χ3v) is 5.43. The number of ether oxygens (including phenoxy) is 1. The number of thioether (sulfide) groups is 1. The molecule has 0 saturated heterocycles. The monoisotopic (exact) mass is 425 g/mol. The van der Waals surface area contributed by atoms with E-state index in [4.69, 9.17) is 44.9 Å². The fourth-order valence-electron chi connectivity index (χ4n) is 2.36. The number of hydrogen-bond donors (Lipinski definition) is 1. The quantitative estimate of drug-likeness (QED) is 0.183. The molecule has 0 amide bonds. The molecule has 0 aliphatic carbocycles. The predicted octanol–water partition coefficient (Wildman–Crippen LogP) is 6.69. The van der Waals surface area contributed by atoms with Crippen LogP contribution in [0.4, 0.5) is 0 Å². The van der Waals surface area contributed by atoms with E-state index in [9.17, 15) is 0 Å². The molecule has 2 nitrogen and oxygen atoms in total. The molecule has 2 rings (SSSR count). The zero-order chi connectivity index (χ0) is 19.2. The van der Waals surface area contributed by atoms with Gasteiger partial charge in [-0.2, -0.15) is 0 Å². The van der Waals surface area contributed by atoms with E-state index < -0.39 is 14.4 Å². The molecular formula is C20H18Cl3NOS. The van der Waals surface area contributed by atoms with Crippen molar-refractivity contribution in [2.75, 3.05) is 6.61 Å². The Hall–Kier alpha value is -1.35. The molecule has 0 saturated carbocycles. The molecule has 0 aromatic heterocycles. The first kappa shape index (κ1) is 21.0. The molecule has 6 heteroatoms. The summed E-state index contributed by atoms with van der Waals surface area (Å²) in [5.41, 5.74) is 4.96. The number of alkyl halides is 3. The van der Waals surface area contributed by atoms with E-state index in [-0.39, 0.29) is 6.61 Å². The SMILES string of the molecule is C=C=CC(COC(=N)C(Cl)(Cl)Cl)(Sc1ccccc1)c1cccc(C)c1. The van der Waals surface area contributed by atoms with Crippen molar-refractivity contribution in [2.45, 2.75) is 20.4 Å². The lowest BCUT2D eigenvalue weighted by Crippen LogP contribution is -2.31. The summed E-state index contributed by atoms with van der Waals surface area (Å²) in [5, 5.41) is 7.86. The molecule has 0 aliphatic heterocycles. The summed E-state index contributed by atoms with van der Waals surface area (Å²) >= 11 is 18.8. The van der Waals surface area contributed by atoms with Gasteiger partial charge in [-0.25, -0.2) is 0 Å². The highest BCUT2D eigenvalue weighted by atomic mass is 35.6. The Morgan fingerprint density at radius 2 is 1.88 bits per heavy atom. The molecule has 136 valence electrons. The molecule has 26 heavy (non-hydrogen) atoms. The second kappa shape index (κ2) is 9.03. The van der Waals surface area contributed by atoms with Crippen LogP contribution in [-0.4, -0.2) is 16.3 Å². The summed E-state index contributed by atoms with van der Waals surface area (Å²) in [6.45, 7) is 5.84. The van der Waals surface area contributed by atoms with Gasteiger partial charge in [0.1, 0.15) is 11.4 Å². The number of aryl methyl sites for hydroxylation is 1. The van der Waals surface area contributed by atoms with Gasteiger partial charge < -0.3 is 4.74 Å². The third kappa shape index (κ3) is 5.57. The van der Waals surface area contributed by atoms with E-state index in [0.29, 0.717) is 0 Å². The summed E-state index contributed by atoms with van der Waals surface area (Å²) < 4.78 is 2.97. The zero-order valence-electron chi connectivity index (χ0n) is 14.1. The van der Waals surface area contributed by atoms with E-state index in [1.54, 1.807) is 11.8 Å². The lowest BCUT2D eigenvalue weighted by Gasteiger charge is -2.31. The Kier molecular flexibility index (Phi) is 7.28. The highest BCUT2D eigenvalue weighted by Crippen LogP contribution is 2.44. The van der Waals surface area contributed by atoms with Crippen LogP contribution in [0.25, 0.3) is 0 Å². The predicted molar refractivity (Wildman–Crippen MR) is 113 cm³/mol. The summed E-state index contributed by atoms with van der Waals surface area (Å²) in [6, 6.07) is 17.9. The van der Waals surface area contributed by atoms with E-state index in [1.165, 1.54) is 0 Å². The third-order valence-electron chi connectivity index (χ3n) is 3.57. The van der Waals surface area contributed by atoms with E-state index in [2.05, 4.69) is 18.4 Å². The van der Waals surface area contributed by atoms with Crippen molar-refractivity contribution in [2.24, 2.45) is 0 Å². The van der Waals surface area contributed by atoms with Crippen molar-refractivity contribution >= 4 is 52.5 Å². The van der Waals surface area contributed by atoms with Gasteiger partial charge >= 0.3 is 0 Å². The van der Waals surface area contributed by atoms with Gasteiger partial charge in [-0.3, -0.25) is 5.41 Å². The topological polar surface area (TPSA) is 33.1 Å². The molecule has 1 unspecified atom stereocenters. The van der Waals surface area contributed by atoms with Gasteiger partial charge in [0.2, 0.25) is 5.90 Å². The number of halogens is 3. The average Bonchev–Trinajstić information content (AvgIpc) is 2.59. The maximum absolute atomic E-state index is 7.86. The number of benzene rings is 2. The Balaban J connectivity index is 2.46. The highest BCUT2D eigenvalue weighted by molar-refractivity contribution is 8.00. The van der Waals surface area contributed by atoms with Gasteiger partial charge in [0.05, 0.1) is 0 Å². The van der Waals surface area contributed by atoms with Crippen molar-refractivity contribution in [3.8, 4) is 0 Å². The van der Waals surface area contributed by atoms with Crippen molar-refractivity contribution in [1.82, 2.24) is 0 Å². The fourth-order valence-corrected chi connectivity index (χ4v) is 3.74. The Labute approximate surface area is 173 Å². The van der Waals surface area contributed by atoms with Gasteiger partial charge in [-0.15, -0.1) is 17.5 Å². The van der Waals surface area contributed by atoms with Crippen LogP contribution >= 0.6 is 46.6 Å². The first-order valence-electron chi connectivity index (χ1n) is 7.73. The lowest BCUT2D eigenvalue weighted by molar-refractivity contribution is 0.273. The van der Waals surface area contributed by atoms with Crippen LogP contribution in [0, 0.1) is 12.3 Å². The number of nitrogens with one attached hydrogen (secondary N) is 1. The number of hydrogen-bond acceptors (Lipinski definition) is 3. The molecule has 0 bridgehead atoms. The Morgan fingerprint density at radius 1 is 1.19 bits per heavy atom. The molecule has 1 atom stereocenters. The maximum Gasteiger partial charge on any atom is 0.265 e. The summed E-state index contributed by atoms with van der Waals surface area (Å²) in [6.07, 6.45) is 1.82. The van der Waals surface area contributed by atoms with Crippen LogP contribution in [0.5, 0.6) is 0 Å². The molecule has 0 spiro atoms. The molecular weight excluding hydrogens is 409 g/mol. The van der Waals surface area contributed by atoms with Crippen LogP contribution in [0.1, 0.15) is 11.1 Å². The standard InChI is InChI=1S/C20H18Cl3NOS/c1-3-12-19(14-25-18(24)20(21,22)23,16-9-7-8-15(2)13-16)26-17-10-5-4-6-11-17/h4-13,24H,1,14H2,2H3. The van der Waals surface area contributed by atoms with Crippen molar-refractivity contribution in [3.05, 3.63) is 84.1 Å². The van der Waals surface area contributed by atoms with Crippen LogP contribution in [0.2, 0.25) is 0 Å². The van der Waals surface area contributed by atoms with Crippen molar-refractivity contribution < 1.29 is 4.74 Å². The molecule has 0 radical (unpaired) electrons. The Bertz CT molecular complexity index is 813. The largest absolute Gasteiger partial charge is 0.476 e. The van der Waals surface area contributed by atoms with Gasteiger partial charge in [-0.05, 0) is 30.7 Å². The number of rotatable bonds is 6. The smallest absolute Gasteiger partial charge is 0.265 e. The van der Waals surface area contributed by atoms with Crippen LogP contribution < -0.4 is 0 Å². The van der Waals surface area contributed by atoms with Crippen LogP contribution in [0.15, 0.2) is 77.9 Å². The second-order valence-electron chi connectivity index (χ2n) is 5.64. The van der Waals surface area contributed by atoms with E-state index in [0.717, 1.165) is 16.0 Å². The molecule has 2 aromatic carbocycles. The first-order chi connectivity index (χ1) is 12.3. The average molecular weight is 427 g/mol. The highest BCUT2D eigenvalue weighted by Gasteiger charge is 2.36. The minimum atomic E-state index is -1.91. The van der Waals surface area contributed by atoms with Crippen molar-refractivity contribution in [1.29, 1.82) is 5.41 Å². The molecule has 1 N–H and O–H groups in total. The Morgan fingerprint density at radius 3 is 2.46 bits per heavy atom. The van der Waals surface area contributed by atoms with Crippen LogP contribution in [-0.2, 0) is 9.48 Å². The van der Waals surface area contributed by atoms with E-state index >= 15 is 0 Å². The normalized spacial score (nSPS) is 13.4. The van der Waals surface area contributed by atoms with Gasteiger partial charge in [0.15, 0.2) is 0 Å². The van der Waals surface area contributed by atoms with Gasteiger partial charge in [0.25, 0.3) is 3.79 Å². The summed E-state index contributed by atoms with van der Waals surface area (Å²) in [5.74, 6) is -0.425. The van der Waals surface area contributed by atoms with Gasteiger partial charge in [0, 0.05) is 4.90 Å². The van der Waals surface area contributed by atoms with Gasteiger partial charge in [-0.1, -0.05) is 89.4 Å². The van der Waals surface area contributed by atoms with Crippen LogP contribution in [0.3, 0.4) is 0 Å². The molecule has 0 aliphatic rings. The summed E-state index contributed by atoms with van der Waals surface area (Å²) in [7, 11) is 0. The minimum absolute atomic E-state index is 0.0886. The first-order valence-corrected chi connectivity index (χ1v) is 9.68. The van der Waals surface area contributed by atoms with Crippen molar-refractivity contribution in [3.63, 3.8) is 0 Å². The lowest BCUT2D eigenvalue weighted by atomic mass is 9.97. The maximum atomic E-state index is 7.86. The summed E-state index contributed by atoms with van der Waals surface area (Å²) in [4.78, 5) is 1.03. The molecule has 2 aromatic rings. The zero-order valence-corrected chi connectivity index (χ0v) is 17.2. The second-order valence-corrected chi connectivity index (χ2v) is 9.32. The molecule has 0 heterocycles. The fraction of sp³-hybridized carbons (Fsp3) is 0.200.